The number of nitrogens with one attached hydrogen (secondary N) is 2. The zero-order valence-corrected chi connectivity index (χ0v) is 19.7. The van der Waals surface area contributed by atoms with Crippen LogP contribution in [0.1, 0.15) is 22.9 Å². The first-order valence-electron chi connectivity index (χ1n) is 10.9. The van der Waals surface area contributed by atoms with Crippen molar-refractivity contribution in [2.24, 2.45) is 0 Å². The molecule has 6 rings (SSSR count). The number of rotatable bonds is 3. The van der Waals surface area contributed by atoms with Crippen molar-refractivity contribution < 1.29 is 17.9 Å². The minimum Gasteiger partial charge on any atom is -0.454 e. The number of benzene rings is 3. The van der Waals surface area contributed by atoms with Gasteiger partial charge in [0, 0.05) is 23.1 Å². The Morgan fingerprint density at radius 1 is 1.00 bits per heavy atom. The molecule has 0 radical (unpaired) electrons. The highest BCUT2D eigenvalue weighted by Gasteiger charge is 2.35. The predicted molar refractivity (Wildman–Crippen MR) is 132 cm³/mol. The van der Waals surface area contributed by atoms with Gasteiger partial charge in [0.25, 0.3) is 10.0 Å². The maximum absolute atomic E-state index is 13.0. The number of ether oxygens (including phenoxy) is 2. The number of hydrogen-bond donors (Lipinski definition) is 2. The number of para-hydroxylation sites is 1. The second-order valence-corrected chi connectivity index (χ2v) is 10.3. The van der Waals surface area contributed by atoms with Crippen LogP contribution in [0.15, 0.2) is 77.7 Å². The summed E-state index contributed by atoms with van der Waals surface area (Å²) in [5.74, 6) is 1.35. The van der Waals surface area contributed by atoms with E-state index in [1.807, 2.05) is 41.3 Å². The van der Waals surface area contributed by atoms with Gasteiger partial charge < -0.3 is 19.4 Å². The van der Waals surface area contributed by atoms with Gasteiger partial charge in [0.05, 0.1) is 10.9 Å². The van der Waals surface area contributed by atoms with E-state index in [0.29, 0.717) is 18.0 Å². The molecule has 34 heavy (non-hydrogen) atoms. The molecule has 0 aliphatic carbocycles. The molecule has 0 unspecified atom stereocenters. The molecular formula is C25H21N3O4S2. The Labute approximate surface area is 202 Å². The minimum atomic E-state index is -3.81. The number of hydrogen-bond acceptors (Lipinski definition) is 5. The summed E-state index contributed by atoms with van der Waals surface area (Å²) in [5.41, 5.74) is 4.17. The van der Waals surface area contributed by atoms with Crippen molar-refractivity contribution >= 4 is 38.3 Å². The van der Waals surface area contributed by atoms with Gasteiger partial charge in [-0.3, -0.25) is 4.72 Å². The van der Waals surface area contributed by atoms with Crippen LogP contribution in [-0.2, 0) is 16.4 Å². The van der Waals surface area contributed by atoms with Crippen LogP contribution < -0.4 is 14.2 Å². The monoisotopic (exact) mass is 491 g/mol. The van der Waals surface area contributed by atoms with Crippen LogP contribution in [0.3, 0.4) is 0 Å². The molecule has 0 spiro atoms. The number of aromatic nitrogens is 1. The number of fused-ring (bicyclic) bond motifs is 4. The Hall–Kier alpha value is -3.56. The predicted octanol–water partition coefficient (Wildman–Crippen LogP) is 4.11. The molecule has 0 fully saturated rings. The lowest BCUT2D eigenvalue weighted by molar-refractivity contribution is 0.174. The quantitative estimate of drug-likeness (QED) is 0.420. The van der Waals surface area contributed by atoms with Crippen LogP contribution in [0.2, 0.25) is 0 Å². The van der Waals surface area contributed by atoms with Crippen LogP contribution in [0.5, 0.6) is 11.5 Å². The first-order chi connectivity index (χ1) is 16.5. The van der Waals surface area contributed by atoms with Gasteiger partial charge in [0.1, 0.15) is 0 Å². The maximum Gasteiger partial charge on any atom is 0.263 e. The molecule has 2 aliphatic rings. The molecule has 1 aromatic heterocycles. The molecule has 4 aromatic rings. The SMILES string of the molecule is O=S(=O)(NC(=S)N1CCc2c([nH]c3ccccc23)[C@H]1c1ccc2c(c1)OCO2)c1ccccc1. The number of H-pyrrole nitrogens is 1. The third kappa shape index (κ3) is 3.48. The highest BCUT2D eigenvalue weighted by atomic mass is 32.2. The first kappa shape index (κ1) is 21.0. The first-order valence-corrected chi connectivity index (χ1v) is 12.8. The van der Waals surface area contributed by atoms with Gasteiger partial charge in [-0.15, -0.1) is 0 Å². The van der Waals surface area contributed by atoms with E-state index in [1.165, 1.54) is 10.9 Å². The van der Waals surface area contributed by atoms with Crippen LogP contribution in [0.25, 0.3) is 10.9 Å². The fourth-order valence-electron chi connectivity index (χ4n) is 4.72. The smallest absolute Gasteiger partial charge is 0.263 e. The summed E-state index contributed by atoms with van der Waals surface area (Å²) in [6.45, 7) is 0.740. The van der Waals surface area contributed by atoms with Crippen molar-refractivity contribution in [1.29, 1.82) is 0 Å². The molecule has 0 bridgehead atoms. The third-order valence-electron chi connectivity index (χ3n) is 6.28. The standard InChI is InChI=1S/C25H21N3O4S2/c29-34(30,17-6-2-1-3-7-17)27-25(33)28-13-12-19-18-8-4-5-9-20(18)26-23(19)24(28)16-10-11-21-22(14-16)32-15-31-21/h1-11,14,24,26H,12-13,15H2,(H,27,33)/t24-/m1/s1. The average molecular weight is 492 g/mol. The summed E-state index contributed by atoms with van der Waals surface area (Å²) in [5, 5.41) is 1.31. The summed E-state index contributed by atoms with van der Waals surface area (Å²) in [6, 6.07) is 21.9. The second-order valence-electron chi connectivity index (χ2n) is 8.25. The van der Waals surface area contributed by atoms with Crippen molar-refractivity contribution in [1.82, 2.24) is 14.6 Å². The van der Waals surface area contributed by atoms with E-state index in [-0.39, 0.29) is 22.8 Å². The summed E-state index contributed by atoms with van der Waals surface area (Å²) in [4.78, 5) is 5.65. The van der Waals surface area contributed by atoms with Crippen LogP contribution >= 0.6 is 12.2 Å². The van der Waals surface area contributed by atoms with Crippen LogP contribution in [0, 0.1) is 0 Å². The normalized spacial score (nSPS) is 16.9. The number of aromatic amines is 1. The van der Waals surface area contributed by atoms with Gasteiger partial charge >= 0.3 is 0 Å². The van der Waals surface area contributed by atoms with E-state index in [2.05, 4.69) is 15.8 Å². The van der Waals surface area contributed by atoms with Crippen molar-refractivity contribution in [3.8, 4) is 11.5 Å². The molecule has 7 nitrogen and oxygen atoms in total. The lowest BCUT2D eigenvalue weighted by atomic mass is 9.92. The van der Waals surface area contributed by atoms with E-state index in [0.717, 1.165) is 23.2 Å². The summed E-state index contributed by atoms with van der Waals surface area (Å²) in [7, 11) is -3.81. The molecule has 1 atom stereocenters. The number of thiocarbonyl (C=S) groups is 1. The Morgan fingerprint density at radius 2 is 1.76 bits per heavy atom. The maximum atomic E-state index is 13.0. The molecule has 9 heteroatoms. The summed E-state index contributed by atoms with van der Waals surface area (Å²) < 4.78 is 39.7. The van der Waals surface area contributed by atoms with Gasteiger partial charge in [-0.1, -0.05) is 42.5 Å². The van der Waals surface area contributed by atoms with Crippen molar-refractivity contribution in [2.75, 3.05) is 13.3 Å². The second kappa shape index (κ2) is 8.03. The van der Waals surface area contributed by atoms with Crippen molar-refractivity contribution in [2.45, 2.75) is 17.4 Å². The highest BCUT2D eigenvalue weighted by Crippen LogP contribution is 2.42. The zero-order valence-electron chi connectivity index (χ0n) is 18.0. The van der Waals surface area contributed by atoms with Gasteiger partial charge in [0.15, 0.2) is 16.6 Å². The topological polar surface area (TPSA) is 83.7 Å². The van der Waals surface area contributed by atoms with E-state index >= 15 is 0 Å². The summed E-state index contributed by atoms with van der Waals surface area (Å²) >= 11 is 5.67. The zero-order chi connectivity index (χ0) is 23.3. The molecule has 3 heterocycles. The van der Waals surface area contributed by atoms with Gasteiger partial charge in [0.2, 0.25) is 6.79 Å². The Kier molecular flexibility index (Phi) is 4.96. The molecule has 2 aliphatic heterocycles. The Bertz CT molecular complexity index is 1520. The van der Waals surface area contributed by atoms with Crippen molar-refractivity contribution in [3.63, 3.8) is 0 Å². The lowest BCUT2D eigenvalue weighted by Crippen LogP contribution is -2.47. The highest BCUT2D eigenvalue weighted by molar-refractivity contribution is 7.91. The number of sulfonamides is 1. The fraction of sp³-hybridized carbons (Fsp3) is 0.160. The minimum absolute atomic E-state index is 0.149. The molecule has 0 amide bonds. The molecule has 172 valence electrons. The van der Waals surface area contributed by atoms with Crippen molar-refractivity contribution in [3.05, 3.63) is 89.6 Å². The largest absolute Gasteiger partial charge is 0.454 e. The van der Waals surface area contributed by atoms with E-state index in [9.17, 15) is 8.42 Å². The number of nitrogens with zero attached hydrogens (tertiary/aromatic N) is 1. The molecule has 0 saturated heterocycles. The molecule has 3 aromatic carbocycles. The lowest BCUT2D eigenvalue weighted by Gasteiger charge is -2.38. The Morgan fingerprint density at radius 3 is 2.62 bits per heavy atom. The third-order valence-corrected chi connectivity index (χ3v) is 8.10. The van der Waals surface area contributed by atoms with Gasteiger partial charge in [-0.25, -0.2) is 8.42 Å². The van der Waals surface area contributed by atoms with Crippen LogP contribution in [0.4, 0.5) is 0 Å². The average Bonchev–Trinajstić information content (AvgIpc) is 3.47. The molecular weight excluding hydrogens is 470 g/mol. The van der Waals surface area contributed by atoms with Gasteiger partial charge in [-0.2, -0.15) is 0 Å². The van der Waals surface area contributed by atoms with Crippen LogP contribution in [-0.4, -0.2) is 36.8 Å². The van der Waals surface area contributed by atoms with E-state index < -0.39 is 10.0 Å². The Balaban J connectivity index is 1.43. The van der Waals surface area contributed by atoms with E-state index in [4.69, 9.17) is 21.7 Å². The summed E-state index contributed by atoms with van der Waals surface area (Å²) in [6.07, 6.45) is 0.730. The van der Waals surface area contributed by atoms with E-state index in [1.54, 1.807) is 30.3 Å². The molecule has 0 saturated carbocycles. The fourth-order valence-corrected chi connectivity index (χ4v) is 6.23. The van der Waals surface area contributed by atoms with Gasteiger partial charge in [-0.05, 0) is 60.1 Å². The molecule has 2 N–H and O–H groups in total.